The van der Waals surface area contributed by atoms with E-state index in [0.717, 1.165) is 12.5 Å². The molecule has 1 aromatic heterocycles. The Kier molecular flexibility index (Phi) is 4.20. The smallest absolute Gasteiger partial charge is 0.225 e. The van der Waals surface area contributed by atoms with E-state index in [1.807, 2.05) is 6.20 Å². The number of anilines is 1. The lowest BCUT2D eigenvalue weighted by molar-refractivity contribution is 0.313. The van der Waals surface area contributed by atoms with Gasteiger partial charge < -0.3 is 9.80 Å². The second-order valence-corrected chi connectivity index (χ2v) is 6.42. The van der Waals surface area contributed by atoms with Gasteiger partial charge in [-0.15, -0.1) is 0 Å². The summed E-state index contributed by atoms with van der Waals surface area (Å²) in [6.45, 7) is 2.26. The number of rotatable bonds is 4. The van der Waals surface area contributed by atoms with E-state index in [-0.39, 0.29) is 0 Å². The molecule has 1 aliphatic heterocycles. The topological polar surface area (TPSA) is 32.3 Å². The molecule has 0 aromatic carbocycles. The van der Waals surface area contributed by atoms with E-state index in [0.29, 0.717) is 12.0 Å². The summed E-state index contributed by atoms with van der Waals surface area (Å²) in [7, 11) is 4.35. The van der Waals surface area contributed by atoms with Gasteiger partial charge in [0.15, 0.2) is 0 Å². The maximum Gasteiger partial charge on any atom is 0.225 e. The van der Waals surface area contributed by atoms with Gasteiger partial charge in [-0.1, -0.05) is 12.8 Å². The highest BCUT2D eigenvalue weighted by Crippen LogP contribution is 2.33. The van der Waals surface area contributed by atoms with Gasteiger partial charge in [0.2, 0.25) is 5.95 Å². The summed E-state index contributed by atoms with van der Waals surface area (Å²) in [5.41, 5.74) is 1.25. The van der Waals surface area contributed by atoms with Crippen LogP contribution in [0.2, 0.25) is 0 Å². The maximum atomic E-state index is 4.82. The van der Waals surface area contributed by atoms with E-state index in [4.69, 9.17) is 4.98 Å². The van der Waals surface area contributed by atoms with Crippen LogP contribution >= 0.6 is 0 Å². The molecule has 20 heavy (non-hydrogen) atoms. The van der Waals surface area contributed by atoms with Gasteiger partial charge in [-0.3, -0.25) is 0 Å². The number of aromatic nitrogens is 2. The van der Waals surface area contributed by atoms with Crippen LogP contribution in [0.25, 0.3) is 0 Å². The second-order valence-electron chi connectivity index (χ2n) is 6.42. The van der Waals surface area contributed by atoms with Crippen LogP contribution in [0.15, 0.2) is 12.3 Å². The van der Waals surface area contributed by atoms with Gasteiger partial charge >= 0.3 is 0 Å². The van der Waals surface area contributed by atoms with Crippen molar-refractivity contribution in [1.29, 1.82) is 0 Å². The average molecular weight is 274 g/mol. The Morgan fingerprint density at radius 3 is 2.75 bits per heavy atom. The Balaban J connectivity index is 1.67. The molecule has 1 saturated heterocycles. The summed E-state index contributed by atoms with van der Waals surface area (Å²) in [5, 5.41) is 0. The van der Waals surface area contributed by atoms with Crippen molar-refractivity contribution in [3.05, 3.63) is 18.0 Å². The number of likely N-dealkylation sites (tertiary alicyclic amines) is 1. The minimum atomic E-state index is 0.652. The molecule has 1 aromatic rings. The van der Waals surface area contributed by atoms with Crippen LogP contribution in [0.4, 0.5) is 5.95 Å². The molecule has 0 amide bonds. The Morgan fingerprint density at radius 1 is 1.25 bits per heavy atom. The summed E-state index contributed by atoms with van der Waals surface area (Å²) < 4.78 is 0. The minimum absolute atomic E-state index is 0.652. The van der Waals surface area contributed by atoms with Gasteiger partial charge in [0.25, 0.3) is 0 Å². The van der Waals surface area contributed by atoms with Crippen LogP contribution in [0.5, 0.6) is 0 Å². The Hall–Kier alpha value is -1.16. The zero-order valence-electron chi connectivity index (χ0n) is 12.8. The van der Waals surface area contributed by atoms with Gasteiger partial charge in [0, 0.05) is 37.4 Å². The van der Waals surface area contributed by atoms with Gasteiger partial charge in [0.1, 0.15) is 0 Å². The highest BCUT2D eigenvalue weighted by Gasteiger charge is 2.24. The molecule has 2 aliphatic rings. The minimum Gasteiger partial charge on any atom is -0.342 e. The third-order valence-electron chi connectivity index (χ3n) is 4.94. The van der Waals surface area contributed by atoms with E-state index < -0.39 is 0 Å². The molecule has 2 fully saturated rings. The van der Waals surface area contributed by atoms with Crippen molar-refractivity contribution in [2.45, 2.75) is 50.5 Å². The number of likely N-dealkylation sites (N-methyl/N-ethyl adjacent to an activating group) is 2. The quantitative estimate of drug-likeness (QED) is 0.845. The third-order valence-corrected chi connectivity index (χ3v) is 4.94. The van der Waals surface area contributed by atoms with Crippen LogP contribution in [-0.4, -0.2) is 48.1 Å². The summed E-state index contributed by atoms with van der Waals surface area (Å²) >= 11 is 0. The fraction of sp³-hybridized carbons (Fsp3) is 0.750. The van der Waals surface area contributed by atoms with Crippen molar-refractivity contribution < 1.29 is 0 Å². The largest absolute Gasteiger partial charge is 0.342 e. The first-order valence-corrected chi connectivity index (χ1v) is 7.98. The van der Waals surface area contributed by atoms with Crippen molar-refractivity contribution in [2.24, 2.45) is 0 Å². The predicted octanol–water partition coefficient (Wildman–Crippen LogP) is 2.66. The molecule has 110 valence electrons. The fourth-order valence-electron chi connectivity index (χ4n) is 3.60. The highest BCUT2D eigenvalue weighted by atomic mass is 15.3. The first-order chi connectivity index (χ1) is 9.74. The van der Waals surface area contributed by atoms with Crippen molar-refractivity contribution in [3.63, 3.8) is 0 Å². The molecule has 4 nitrogen and oxygen atoms in total. The van der Waals surface area contributed by atoms with Crippen LogP contribution in [0, 0.1) is 0 Å². The van der Waals surface area contributed by atoms with Crippen molar-refractivity contribution in [3.8, 4) is 0 Å². The number of hydrogen-bond acceptors (Lipinski definition) is 4. The lowest BCUT2D eigenvalue weighted by Crippen LogP contribution is -2.37. The monoisotopic (exact) mass is 274 g/mol. The molecule has 1 aliphatic carbocycles. The fourth-order valence-corrected chi connectivity index (χ4v) is 3.60. The van der Waals surface area contributed by atoms with E-state index in [9.17, 15) is 0 Å². The summed E-state index contributed by atoms with van der Waals surface area (Å²) in [4.78, 5) is 14.0. The van der Waals surface area contributed by atoms with Gasteiger partial charge in [-0.25, -0.2) is 9.97 Å². The lowest BCUT2D eigenvalue weighted by Gasteiger charge is -2.26. The molecule has 0 unspecified atom stereocenters. The summed E-state index contributed by atoms with van der Waals surface area (Å²) in [5.74, 6) is 1.56. The summed E-state index contributed by atoms with van der Waals surface area (Å²) in [6, 6.07) is 2.76. The van der Waals surface area contributed by atoms with Crippen LogP contribution in [0.1, 0.15) is 50.1 Å². The maximum absolute atomic E-state index is 4.82. The Morgan fingerprint density at radius 2 is 2.05 bits per heavy atom. The zero-order valence-corrected chi connectivity index (χ0v) is 12.8. The number of nitrogens with zero attached hydrogens (tertiary/aromatic N) is 4. The van der Waals surface area contributed by atoms with Crippen molar-refractivity contribution in [2.75, 3.05) is 32.1 Å². The standard InChI is InChI=1S/C16H26N4/c1-19-11-5-8-14(19)12-20(2)16-17-10-9-15(18-16)13-6-3-4-7-13/h9-10,13-14H,3-8,11-12H2,1-2H3/t14-/m0/s1. The third kappa shape index (κ3) is 2.95. The molecule has 4 heteroatoms. The molecule has 2 heterocycles. The Labute approximate surface area is 122 Å². The molecule has 3 rings (SSSR count). The average Bonchev–Trinajstić information content (AvgIpc) is 3.12. The first kappa shape index (κ1) is 13.8. The van der Waals surface area contributed by atoms with Gasteiger partial charge in [-0.2, -0.15) is 0 Å². The van der Waals surface area contributed by atoms with Crippen molar-refractivity contribution >= 4 is 5.95 Å². The molecule has 0 radical (unpaired) electrons. The molecule has 1 saturated carbocycles. The predicted molar refractivity (Wildman–Crippen MR) is 82.2 cm³/mol. The SMILES string of the molecule is CN(C[C@@H]1CCCN1C)c1nccc(C2CCCC2)n1. The second kappa shape index (κ2) is 6.08. The summed E-state index contributed by atoms with van der Waals surface area (Å²) in [6.07, 6.45) is 9.85. The van der Waals surface area contributed by atoms with Gasteiger partial charge in [-0.05, 0) is 45.3 Å². The van der Waals surface area contributed by atoms with E-state index in [2.05, 4.69) is 34.9 Å². The van der Waals surface area contributed by atoms with Crippen LogP contribution in [0.3, 0.4) is 0 Å². The van der Waals surface area contributed by atoms with Gasteiger partial charge in [0.05, 0.1) is 0 Å². The molecule has 0 bridgehead atoms. The van der Waals surface area contributed by atoms with E-state index in [1.165, 1.54) is 50.8 Å². The van der Waals surface area contributed by atoms with Crippen LogP contribution < -0.4 is 4.90 Å². The number of hydrogen-bond donors (Lipinski definition) is 0. The highest BCUT2D eigenvalue weighted by molar-refractivity contribution is 5.30. The normalized spacial score (nSPS) is 24.4. The Bertz CT molecular complexity index is 442. The molecule has 0 spiro atoms. The molecular weight excluding hydrogens is 248 g/mol. The van der Waals surface area contributed by atoms with E-state index in [1.54, 1.807) is 0 Å². The molecule has 0 N–H and O–H groups in total. The van der Waals surface area contributed by atoms with E-state index >= 15 is 0 Å². The first-order valence-electron chi connectivity index (χ1n) is 7.98. The zero-order chi connectivity index (χ0) is 13.9. The van der Waals surface area contributed by atoms with Crippen molar-refractivity contribution in [1.82, 2.24) is 14.9 Å². The molecular formula is C16H26N4. The van der Waals surface area contributed by atoms with Crippen LogP contribution in [-0.2, 0) is 0 Å². The molecule has 1 atom stereocenters. The lowest BCUT2D eigenvalue weighted by atomic mass is 10.0.